The molecule has 21 heavy (non-hydrogen) atoms. The number of anilines is 2. The van der Waals surface area contributed by atoms with Crippen LogP contribution in [0.15, 0.2) is 18.5 Å². The third-order valence-corrected chi connectivity index (χ3v) is 2.45. The molecule has 3 N–H and O–H groups in total. The SMILES string of the molecule is CCNC(=O)CNc1nc(NCC)nc(-n2cccn2)n1. The molecule has 0 fully saturated rings. The molecule has 1 amide bonds. The summed E-state index contributed by atoms with van der Waals surface area (Å²) >= 11 is 0. The summed E-state index contributed by atoms with van der Waals surface area (Å²) in [7, 11) is 0. The fraction of sp³-hybridized carbons (Fsp3) is 0.417. The molecule has 0 spiro atoms. The summed E-state index contributed by atoms with van der Waals surface area (Å²) in [6, 6.07) is 1.78. The molecule has 9 nitrogen and oxygen atoms in total. The molecule has 2 heterocycles. The van der Waals surface area contributed by atoms with Crippen LogP contribution in [0.1, 0.15) is 13.8 Å². The predicted molar refractivity (Wildman–Crippen MR) is 78.3 cm³/mol. The van der Waals surface area contributed by atoms with Crippen LogP contribution in [0, 0.1) is 0 Å². The van der Waals surface area contributed by atoms with Crippen LogP contribution >= 0.6 is 0 Å². The van der Waals surface area contributed by atoms with Gasteiger partial charge in [-0.15, -0.1) is 0 Å². The third-order valence-electron chi connectivity index (χ3n) is 2.45. The van der Waals surface area contributed by atoms with Gasteiger partial charge < -0.3 is 16.0 Å². The molecule has 0 aliphatic rings. The van der Waals surface area contributed by atoms with Gasteiger partial charge in [0.25, 0.3) is 5.95 Å². The topological polar surface area (TPSA) is 110 Å². The van der Waals surface area contributed by atoms with E-state index in [4.69, 9.17) is 0 Å². The van der Waals surface area contributed by atoms with Gasteiger partial charge in [0.05, 0.1) is 6.54 Å². The Labute approximate surface area is 122 Å². The lowest BCUT2D eigenvalue weighted by atomic mass is 10.5. The van der Waals surface area contributed by atoms with Crippen molar-refractivity contribution in [1.29, 1.82) is 0 Å². The number of hydrogen-bond acceptors (Lipinski definition) is 7. The molecule has 2 aromatic rings. The van der Waals surface area contributed by atoms with Crippen molar-refractivity contribution < 1.29 is 4.79 Å². The number of amides is 1. The van der Waals surface area contributed by atoms with E-state index >= 15 is 0 Å². The standard InChI is InChI=1S/C12H18N8O/c1-3-13-9(21)8-15-11-17-10(14-4-2)18-12(19-11)20-7-5-6-16-20/h5-7H,3-4,8H2,1-2H3,(H,13,21)(H2,14,15,17,18,19). The molecule has 2 rings (SSSR count). The van der Waals surface area contributed by atoms with E-state index in [9.17, 15) is 4.79 Å². The highest BCUT2D eigenvalue weighted by atomic mass is 16.1. The molecule has 0 atom stereocenters. The monoisotopic (exact) mass is 290 g/mol. The maximum Gasteiger partial charge on any atom is 0.257 e. The number of nitrogens with one attached hydrogen (secondary N) is 3. The second-order valence-corrected chi connectivity index (χ2v) is 4.07. The first-order valence-corrected chi connectivity index (χ1v) is 6.73. The molecular formula is C12H18N8O. The van der Waals surface area contributed by atoms with Crippen LogP contribution in [0.25, 0.3) is 5.95 Å². The molecule has 0 saturated heterocycles. The van der Waals surface area contributed by atoms with Gasteiger partial charge in [-0.1, -0.05) is 0 Å². The lowest BCUT2D eigenvalue weighted by molar-refractivity contribution is -0.119. The molecule has 9 heteroatoms. The highest BCUT2D eigenvalue weighted by molar-refractivity contribution is 5.80. The van der Waals surface area contributed by atoms with E-state index in [1.165, 1.54) is 4.68 Å². The minimum Gasteiger partial charge on any atom is -0.355 e. The van der Waals surface area contributed by atoms with E-state index < -0.39 is 0 Å². The van der Waals surface area contributed by atoms with Gasteiger partial charge >= 0.3 is 0 Å². The Hall–Kier alpha value is -2.71. The average Bonchev–Trinajstić information content (AvgIpc) is 3.00. The van der Waals surface area contributed by atoms with E-state index in [0.717, 1.165) is 0 Å². The van der Waals surface area contributed by atoms with Crippen molar-refractivity contribution in [2.75, 3.05) is 30.3 Å². The number of hydrogen-bond donors (Lipinski definition) is 3. The molecule has 0 aliphatic carbocycles. The molecule has 0 aromatic carbocycles. The van der Waals surface area contributed by atoms with E-state index in [1.807, 2.05) is 13.8 Å². The Kier molecular flexibility index (Phi) is 5.02. The average molecular weight is 290 g/mol. The zero-order valence-electron chi connectivity index (χ0n) is 12.0. The van der Waals surface area contributed by atoms with Gasteiger partial charge in [0.2, 0.25) is 17.8 Å². The van der Waals surface area contributed by atoms with Crippen LogP contribution in [0.3, 0.4) is 0 Å². The predicted octanol–water partition coefficient (Wildman–Crippen LogP) is 0.0371. The van der Waals surface area contributed by atoms with Gasteiger partial charge in [-0.3, -0.25) is 4.79 Å². The number of nitrogens with zero attached hydrogens (tertiary/aromatic N) is 5. The Morgan fingerprint density at radius 2 is 1.90 bits per heavy atom. The zero-order valence-corrected chi connectivity index (χ0v) is 12.0. The van der Waals surface area contributed by atoms with Crippen LogP contribution in [0.4, 0.5) is 11.9 Å². The summed E-state index contributed by atoms with van der Waals surface area (Å²) in [6.45, 7) is 5.16. The Balaban J connectivity index is 2.17. The van der Waals surface area contributed by atoms with Crippen LogP contribution in [-0.4, -0.2) is 50.3 Å². The summed E-state index contributed by atoms with van der Waals surface area (Å²) in [4.78, 5) is 24.2. The van der Waals surface area contributed by atoms with Gasteiger partial charge in [0, 0.05) is 25.5 Å². The molecular weight excluding hydrogens is 272 g/mol. The van der Waals surface area contributed by atoms with Crippen LogP contribution in [0.2, 0.25) is 0 Å². The molecule has 0 radical (unpaired) electrons. The van der Waals surface area contributed by atoms with E-state index in [2.05, 4.69) is 36.0 Å². The quantitative estimate of drug-likeness (QED) is 0.660. The first-order chi connectivity index (χ1) is 10.2. The minimum atomic E-state index is -0.122. The molecule has 2 aromatic heterocycles. The van der Waals surface area contributed by atoms with Crippen molar-refractivity contribution in [3.8, 4) is 5.95 Å². The van der Waals surface area contributed by atoms with Gasteiger partial charge in [-0.05, 0) is 19.9 Å². The van der Waals surface area contributed by atoms with Crippen molar-refractivity contribution in [1.82, 2.24) is 30.0 Å². The number of rotatable bonds is 7. The molecule has 0 saturated carbocycles. The van der Waals surface area contributed by atoms with Gasteiger partial charge in [-0.2, -0.15) is 20.1 Å². The van der Waals surface area contributed by atoms with E-state index in [1.54, 1.807) is 18.5 Å². The molecule has 112 valence electrons. The Bertz CT molecular complexity index is 583. The van der Waals surface area contributed by atoms with Gasteiger partial charge in [0.1, 0.15) is 0 Å². The van der Waals surface area contributed by atoms with Crippen molar-refractivity contribution in [3.05, 3.63) is 18.5 Å². The fourth-order valence-electron chi connectivity index (χ4n) is 1.59. The van der Waals surface area contributed by atoms with Crippen molar-refractivity contribution in [2.45, 2.75) is 13.8 Å². The number of aromatic nitrogens is 5. The Morgan fingerprint density at radius 1 is 1.14 bits per heavy atom. The maximum atomic E-state index is 11.5. The highest BCUT2D eigenvalue weighted by Crippen LogP contribution is 2.08. The largest absolute Gasteiger partial charge is 0.355 e. The third kappa shape index (κ3) is 4.13. The van der Waals surface area contributed by atoms with E-state index in [0.29, 0.717) is 30.9 Å². The maximum absolute atomic E-state index is 11.5. The number of carbonyl (C=O) groups excluding carboxylic acids is 1. The van der Waals surface area contributed by atoms with Gasteiger partial charge in [0.15, 0.2) is 0 Å². The number of carbonyl (C=O) groups is 1. The second kappa shape index (κ2) is 7.17. The van der Waals surface area contributed by atoms with E-state index in [-0.39, 0.29) is 12.5 Å². The summed E-state index contributed by atoms with van der Waals surface area (Å²) < 4.78 is 1.53. The normalized spacial score (nSPS) is 10.2. The molecule has 0 aliphatic heterocycles. The summed E-state index contributed by atoms with van der Waals surface area (Å²) in [6.07, 6.45) is 3.37. The summed E-state index contributed by atoms with van der Waals surface area (Å²) in [5, 5.41) is 12.7. The summed E-state index contributed by atoms with van der Waals surface area (Å²) in [5.74, 6) is 1.00. The van der Waals surface area contributed by atoms with Crippen molar-refractivity contribution >= 4 is 17.8 Å². The lowest BCUT2D eigenvalue weighted by Gasteiger charge is -2.09. The number of likely N-dealkylation sites (N-methyl/N-ethyl adjacent to an activating group) is 1. The molecule has 0 unspecified atom stereocenters. The first-order valence-electron chi connectivity index (χ1n) is 6.73. The fourth-order valence-corrected chi connectivity index (χ4v) is 1.59. The van der Waals surface area contributed by atoms with Crippen LogP contribution in [0.5, 0.6) is 0 Å². The van der Waals surface area contributed by atoms with Crippen LogP contribution in [-0.2, 0) is 4.79 Å². The zero-order chi connectivity index (χ0) is 15.1. The Morgan fingerprint density at radius 3 is 2.52 bits per heavy atom. The molecule has 0 bridgehead atoms. The summed E-state index contributed by atoms with van der Waals surface area (Å²) in [5.41, 5.74) is 0. The smallest absolute Gasteiger partial charge is 0.257 e. The highest BCUT2D eigenvalue weighted by Gasteiger charge is 2.09. The second-order valence-electron chi connectivity index (χ2n) is 4.07. The van der Waals surface area contributed by atoms with Crippen molar-refractivity contribution in [3.63, 3.8) is 0 Å². The minimum absolute atomic E-state index is 0.0992. The van der Waals surface area contributed by atoms with Crippen LogP contribution < -0.4 is 16.0 Å². The van der Waals surface area contributed by atoms with Crippen molar-refractivity contribution in [2.24, 2.45) is 0 Å². The van der Waals surface area contributed by atoms with Gasteiger partial charge in [-0.25, -0.2) is 4.68 Å². The first kappa shape index (κ1) is 14.7. The lowest BCUT2D eigenvalue weighted by Crippen LogP contribution is -2.30.